The SMILES string of the molecule is CCO[C@@H]1C[C@H](NC(=O)CN2CCCNC2=O)C12CCCCC2. The van der Waals surface area contributed by atoms with Gasteiger partial charge in [0.2, 0.25) is 5.91 Å². The van der Waals surface area contributed by atoms with E-state index in [-0.39, 0.29) is 36.0 Å². The highest BCUT2D eigenvalue weighted by Crippen LogP contribution is 2.53. The van der Waals surface area contributed by atoms with Crippen molar-refractivity contribution in [1.82, 2.24) is 15.5 Å². The molecule has 6 nitrogen and oxygen atoms in total. The molecule has 3 aliphatic rings. The summed E-state index contributed by atoms with van der Waals surface area (Å²) in [5, 5.41) is 5.98. The van der Waals surface area contributed by atoms with Crippen LogP contribution in [0.2, 0.25) is 0 Å². The molecule has 130 valence electrons. The quantitative estimate of drug-likeness (QED) is 0.808. The molecule has 0 unspecified atom stereocenters. The first-order valence-electron chi connectivity index (χ1n) is 9.09. The van der Waals surface area contributed by atoms with Crippen LogP contribution in [-0.2, 0) is 9.53 Å². The van der Waals surface area contributed by atoms with Gasteiger partial charge in [0.15, 0.2) is 0 Å². The average Bonchev–Trinajstić information content (AvgIpc) is 2.57. The molecule has 0 bridgehead atoms. The molecule has 1 spiro atoms. The van der Waals surface area contributed by atoms with E-state index in [1.165, 1.54) is 19.3 Å². The molecule has 0 aromatic rings. The third-order valence-electron chi connectivity index (χ3n) is 5.78. The summed E-state index contributed by atoms with van der Waals surface area (Å²) in [5.74, 6) is -0.0352. The molecule has 23 heavy (non-hydrogen) atoms. The standard InChI is InChI=1S/C17H29N3O3/c1-2-23-14-11-13(17(14)7-4-3-5-8-17)19-15(21)12-20-10-6-9-18-16(20)22/h13-14H,2-12H2,1H3,(H,18,22)(H,19,21)/t13-,14+/m0/s1. The number of carbonyl (C=O) groups is 2. The van der Waals surface area contributed by atoms with Gasteiger partial charge in [0.05, 0.1) is 6.10 Å². The summed E-state index contributed by atoms with van der Waals surface area (Å²) in [6, 6.07) is 0.0827. The fraction of sp³-hybridized carbons (Fsp3) is 0.882. The molecule has 3 rings (SSSR count). The minimum atomic E-state index is -0.125. The minimum absolute atomic E-state index is 0.0352. The number of ether oxygens (including phenoxy) is 1. The highest BCUT2D eigenvalue weighted by Gasteiger charge is 2.56. The average molecular weight is 323 g/mol. The number of rotatable bonds is 5. The molecule has 2 atom stereocenters. The fourth-order valence-electron chi connectivity index (χ4n) is 4.51. The first-order chi connectivity index (χ1) is 11.2. The van der Waals surface area contributed by atoms with Gasteiger partial charge in [0.25, 0.3) is 0 Å². The van der Waals surface area contributed by atoms with Crippen LogP contribution in [0, 0.1) is 5.41 Å². The first kappa shape index (κ1) is 16.6. The van der Waals surface area contributed by atoms with E-state index in [1.54, 1.807) is 4.90 Å². The summed E-state index contributed by atoms with van der Waals surface area (Å²) in [5.41, 5.74) is 0.133. The van der Waals surface area contributed by atoms with E-state index in [2.05, 4.69) is 10.6 Å². The highest BCUT2D eigenvalue weighted by atomic mass is 16.5. The Kier molecular flexibility index (Phi) is 5.09. The molecule has 2 aliphatic carbocycles. The van der Waals surface area contributed by atoms with Crippen molar-refractivity contribution >= 4 is 11.9 Å². The van der Waals surface area contributed by atoms with Crippen LogP contribution >= 0.6 is 0 Å². The Morgan fingerprint density at radius 1 is 1.35 bits per heavy atom. The summed E-state index contributed by atoms with van der Waals surface area (Å²) in [6.07, 6.45) is 8.13. The molecule has 0 radical (unpaired) electrons. The molecule has 0 aromatic carbocycles. The summed E-state index contributed by atoms with van der Waals surface area (Å²) in [6.45, 7) is 4.31. The van der Waals surface area contributed by atoms with E-state index < -0.39 is 0 Å². The van der Waals surface area contributed by atoms with Crippen molar-refractivity contribution in [2.75, 3.05) is 26.2 Å². The van der Waals surface area contributed by atoms with Gasteiger partial charge >= 0.3 is 6.03 Å². The van der Waals surface area contributed by atoms with Gasteiger partial charge in [0.1, 0.15) is 6.54 Å². The Morgan fingerprint density at radius 3 is 2.83 bits per heavy atom. The second-order valence-corrected chi connectivity index (χ2v) is 7.10. The van der Waals surface area contributed by atoms with E-state index >= 15 is 0 Å². The Hall–Kier alpha value is -1.30. The van der Waals surface area contributed by atoms with Crippen LogP contribution < -0.4 is 10.6 Å². The minimum Gasteiger partial charge on any atom is -0.378 e. The highest BCUT2D eigenvalue weighted by molar-refractivity contribution is 5.84. The third kappa shape index (κ3) is 3.32. The number of carbonyl (C=O) groups excluding carboxylic acids is 2. The van der Waals surface area contributed by atoms with Gasteiger partial charge in [-0.15, -0.1) is 0 Å². The van der Waals surface area contributed by atoms with Crippen molar-refractivity contribution in [2.24, 2.45) is 5.41 Å². The summed E-state index contributed by atoms with van der Waals surface area (Å²) >= 11 is 0. The molecular weight excluding hydrogens is 294 g/mol. The molecule has 3 amide bonds. The van der Waals surface area contributed by atoms with E-state index in [1.807, 2.05) is 6.92 Å². The van der Waals surface area contributed by atoms with E-state index in [0.717, 1.165) is 32.3 Å². The Balaban J connectivity index is 1.56. The molecule has 0 aromatic heterocycles. The molecule has 1 aliphatic heterocycles. The van der Waals surface area contributed by atoms with Gasteiger partial charge in [0, 0.05) is 31.2 Å². The molecule has 2 N–H and O–H groups in total. The zero-order valence-corrected chi connectivity index (χ0v) is 14.1. The van der Waals surface area contributed by atoms with Crippen molar-refractivity contribution < 1.29 is 14.3 Å². The maximum absolute atomic E-state index is 12.4. The lowest BCUT2D eigenvalue weighted by molar-refractivity contribution is -0.157. The lowest BCUT2D eigenvalue weighted by atomic mass is 9.55. The fourth-order valence-corrected chi connectivity index (χ4v) is 4.51. The van der Waals surface area contributed by atoms with Gasteiger partial charge in [-0.3, -0.25) is 4.79 Å². The molecular formula is C17H29N3O3. The lowest BCUT2D eigenvalue weighted by Gasteiger charge is -2.57. The molecule has 2 saturated carbocycles. The van der Waals surface area contributed by atoms with Crippen molar-refractivity contribution in [2.45, 2.75) is 64.0 Å². The normalized spacial score (nSPS) is 29.8. The summed E-state index contributed by atoms with van der Waals surface area (Å²) in [7, 11) is 0. The van der Waals surface area contributed by atoms with Gasteiger partial charge < -0.3 is 20.3 Å². The topological polar surface area (TPSA) is 70.7 Å². The van der Waals surface area contributed by atoms with Crippen LogP contribution in [0.3, 0.4) is 0 Å². The number of nitrogens with zero attached hydrogens (tertiary/aromatic N) is 1. The Labute approximate surface area is 138 Å². The van der Waals surface area contributed by atoms with Crippen LogP contribution in [0.5, 0.6) is 0 Å². The van der Waals surface area contributed by atoms with Crippen LogP contribution in [0.25, 0.3) is 0 Å². The van der Waals surface area contributed by atoms with E-state index in [4.69, 9.17) is 4.74 Å². The molecule has 1 saturated heterocycles. The number of amides is 3. The van der Waals surface area contributed by atoms with Crippen molar-refractivity contribution in [3.05, 3.63) is 0 Å². The smallest absolute Gasteiger partial charge is 0.317 e. The summed E-state index contributed by atoms with van der Waals surface area (Å²) < 4.78 is 5.92. The number of hydrogen-bond acceptors (Lipinski definition) is 3. The van der Waals surface area contributed by atoms with Gasteiger partial charge in [-0.2, -0.15) is 0 Å². The zero-order valence-electron chi connectivity index (χ0n) is 14.1. The Morgan fingerprint density at radius 2 is 2.13 bits per heavy atom. The molecule has 3 fully saturated rings. The van der Waals surface area contributed by atoms with Crippen LogP contribution in [-0.4, -0.2) is 55.2 Å². The molecule has 6 heteroatoms. The van der Waals surface area contributed by atoms with Crippen molar-refractivity contribution in [3.8, 4) is 0 Å². The predicted octanol–water partition coefficient (Wildman–Crippen LogP) is 1.65. The van der Waals surface area contributed by atoms with Gasteiger partial charge in [-0.1, -0.05) is 19.3 Å². The molecule has 1 heterocycles. The number of nitrogens with one attached hydrogen (secondary N) is 2. The van der Waals surface area contributed by atoms with E-state index in [9.17, 15) is 9.59 Å². The van der Waals surface area contributed by atoms with Crippen LogP contribution in [0.15, 0.2) is 0 Å². The van der Waals surface area contributed by atoms with E-state index in [0.29, 0.717) is 13.1 Å². The monoisotopic (exact) mass is 323 g/mol. The number of hydrogen-bond donors (Lipinski definition) is 2. The third-order valence-corrected chi connectivity index (χ3v) is 5.78. The van der Waals surface area contributed by atoms with Crippen LogP contribution in [0.1, 0.15) is 51.9 Å². The predicted molar refractivity (Wildman–Crippen MR) is 87.1 cm³/mol. The lowest BCUT2D eigenvalue weighted by Crippen LogP contribution is -2.66. The van der Waals surface area contributed by atoms with Crippen molar-refractivity contribution in [3.63, 3.8) is 0 Å². The van der Waals surface area contributed by atoms with Crippen molar-refractivity contribution in [1.29, 1.82) is 0 Å². The maximum atomic E-state index is 12.4. The van der Waals surface area contributed by atoms with Crippen LogP contribution in [0.4, 0.5) is 4.79 Å². The van der Waals surface area contributed by atoms with Gasteiger partial charge in [-0.25, -0.2) is 4.79 Å². The second-order valence-electron chi connectivity index (χ2n) is 7.10. The maximum Gasteiger partial charge on any atom is 0.317 e. The Bertz CT molecular complexity index is 448. The second kappa shape index (κ2) is 7.07. The van der Waals surface area contributed by atoms with Gasteiger partial charge in [-0.05, 0) is 32.6 Å². The summed E-state index contributed by atoms with van der Waals surface area (Å²) in [4.78, 5) is 25.7. The largest absolute Gasteiger partial charge is 0.378 e. The number of urea groups is 1. The first-order valence-corrected chi connectivity index (χ1v) is 9.09. The zero-order chi connectivity index (χ0) is 16.3.